The number of nitrogens with two attached hydrogens (primary N) is 1. The lowest BCUT2D eigenvalue weighted by molar-refractivity contribution is 0.605. The van der Waals surface area contributed by atoms with Gasteiger partial charge in [-0.3, -0.25) is 0 Å². The topological polar surface area (TPSA) is 38.0 Å². The number of nitrogens with one attached hydrogen (secondary N) is 1. The molecule has 0 amide bonds. The van der Waals surface area contributed by atoms with Crippen molar-refractivity contribution in [1.82, 2.24) is 5.32 Å². The Bertz CT molecular complexity index is 691. The van der Waals surface area contributed by atoms with E-state index in [1.165, 1.54) is 16.7 Å². The average molecular weight is 288 g/mol. The number of hydrogen-bond acceptors (Lipinski definition) is 2. The van der Waals surface area contributed by atoms with Crippen LogP contribution < -0.4 is 11.1 Å². The average Bonchev–Trinajstić information content (AvgIpc) is 2.58. The zero-order chi connectivity index (χ0) is 15.2. The van der Waals surface area contributed by atoms with Gasteiger partial charge in [0.25, 0.3) is 0 Å². The van der Waals surface area contributed by atoms with Crippen LogP contribution in [0.25, 0.3) is 0 Å². The molecule has 0 fully saturated rings. The Hall–Kier alpha value is -2.58. The fourth-order valence-electron chi connectivity index (χ4n) is 2.58. The molecule has 1 unspecified atom stereocenters. The summed E-state index contributed by atoms with van der Waals surface area (Å²) in [4.78, 5) is 0. The summed E-state index contributed by atoms with van der Waals surface area (Å²) in [5, 5.41) is 3.65. The summed E-state index contributed by atoms with van der Waals surface area (Å²) in [5.74, 6) is 0. The zero-order valence-corrected chi connectivity index (χ0v) is 12.4. The van der Waals surface area contributed by atoms with E-state index in [4.69, 9.17) is 5.73 Å². The fraction of sp³-hybridized carbons (Fsp3) is 0.100. The van der Waals surface area contributed by atoms with Crippen molar-refractivity contribution in [3.8, 4) is 0 Å². The maximum atomic E-state index is 5.81. The minimum Gasteiger partial charge on any atom is -0.399 e. The molecule has 3 rings (SSSR count). The summed E-state index contributed by atoms with van der Waals surface area (Å²) in [6.07, 6.45) is 0. The molecule has 3 aromatic rings. The third kappa shape index (κ3) is 3.54. The Balaban J connectivity index is 1.85. The molecule has 0 spiro atoms. The van der Waals surface area contributed by atoms with Crippen LogP contribution in [0.15, 0.2) is 84.9 Å². The second-order valence-corrected chi connectivity index (χ2v) is 5.38. The normalized spacial score (nSPS) is 12.0. The molecule has 0 aliphatic rings. The van der Waals surface area contributed by atoms with E-state index in [-0.39, 0.29) is 6.04 Å². The summed E-state index contributed by atoms with van der Waals surface area (Å²) in [6, 6.07) is 29.2. The summed E-state index contributed by atoms with van der Waals surface area (Å²) in [7, 11) is 0. The van der Waals surface area contributed by atoms with Crippen molar-refractivity contribution in [2.45, 2.75) is 12.6 Å². The molecule has 22 heavy (non-hydrogen) atoms. The molecule has 0 saturated carbocycles. The van der Waals surface area contributed by atoms with Crippen LogP contribution in [0.5, 0.6) is 0 Å². The molecule has 1 atom stereocenters. The monoisotopic (exact) mass is 288 g/mol. The van der Waals surface area contributed by atoms with Gasteiger partial charge in [-0.15, -0.1) is 0 Å². The first-order valence-corrected chi connectivity index (χ1v) is 7.50. The van der Waals surface area contributed by atoms with Gasteiger partial charge >= 0.3 is 0 Å². The van der Waals surface area contributed by atoms with E-state index in [9.17, 15) is 0 Å². The number of hydrogen-bond donors (Lipinski definition) is 2. The molecule has 0 aromatic heterocycles. The van der Waals surface area contributed by atoms with Crippen molar-refractivity contribution in [3.05, 3.63) is 102 Å². The minimum atomic E-state index is 0.155. The first kappa shape index (κ1) is 14.4. The second-order valence-electron chi connectivity index (χ2n) is 5.38. The number of rotatable bonds is 5. The molecule has 0 heterocycles. The lowest BCUT2D eigenvalue weighted by atomic mass is 9.98. The Morgan fingerprint density at radius 1 is 0.682 bits per heavy atom. The number of nitrogen functional groups attached to an aromatic ring is 1. The molecule has 110 valence electrons. The maximum Gasteiger partial charge on any atom is 0.0579 e. The quantitative estimate of drug-likeness (QED) is 0.692. The third-order valence-electron chi connectivity index (χ3n) is 3.76. The Kier molecular flexibility index (Phi) is 4.52. The highest BCUT2D eigenvalue weighted by Gasteiger charge is 2.13. The van der Waals surface area contributed by atoms with Gasteiger partial charge in [-0.2, -0.15) is 0 Å². The number of anilines is 1. The van der Waals surface area contributed by atoms with E-state index in [0.29, 0.717) is 0 Å². The lowest BCUT2D eigenvalue weighted by Crippen LogP contribution is -2.22. The standard InChI is InChI=1S/C20H20N2/c21-19-13-11-18(12-14-19)20(17-9-5-2-6-10-17)22-15-16-7-3-1-4-8-16/h1-14,20,22H,15,21H2. The third-order valence-corrected chi connectivity index (χ3v) is 3.76. The SMILES string of the molecule is Nc1ccc(C(NCc2ccccc2)c2ccccc2)cc1. The molecule has 0 radical (unpaired) electrons. The summed E-state index contributed by atoms with van der Waals surface area (Å²) in [5.41, 5.74) is 10.3. The van der Waals surface area contributed by atoms with Gasteiger partial charge < -0.3 is 11.1 Å². The molecule has 0 bridgehead atoms. The van der Waals surface area contributed by atoms with Crippen molar-refractivity contribution in [1.29, 1.82) is 0 Å². The zero-order valence-electron chi connectivity index (χ0n) is 12.4. The summed E-state index contributed by atoms with van der Waals surface area (Å²) < 4.78 is 0. The molecule has 2 nitrogen and oxygen atoms in total. The van der Waals surface area contributed by atoms with Crippen LogP contribution >= 0.6 is 0 Å². The number of benzene rings is 3. The van der Waals surface area contributed by atoms with Crippen LogP contribution in [0.2, 0.25) is 0 Å². The van der Waals surface area contributed by atoms with Gasteiger partial charge in [-0.1, -0.05) is 72.8 Å². The molecule has 0 saturated heterocycles. The Morgan fingerprint density at radius 2 is 1.23 bits per heavy atom. The van der Waals surface area contributed by atoms with Crippen LogP contribution in [0, 0.1) is 0 Å². The van der Waals surface area contributed by atoms with E-state index >= 15 is 0 Å². The largest absolute Gasteiger partial charge is 0.399 e. The van der Waals surface area contributed by atoms with Gasteiger partial charge in [0.2, 0.25) is 0 Å². The highest BCUT2D eigenvalue weighted by atomic mass is 14.9. The van der Waals surface area contributed by atoms with Crippen LogP contribution in [0.3, 0.4) is 0 Å². The molecule has 0 aliphatic carbocycles. The van der Waals surface area contributed by atoms with Gasteiger partial charge in [0, 0.05) is 12.2 Å². The van der Waals surface area contributed by atoms with Crippen molar-refractivity contribution in [2.24, 2.45) is 0 Å². The summed E-state index contributed by atoms with van der Waals surface area (Å²) >= 11 is 0. The van der Waals surface area contributed by atoms with Crippen LogP contribution in [0.1, 0.15) is 22.7 Å². The minimum absolute atomic E-state index is 0.155. The van der Waals surface area contributed by atoms with E-state index < -0.39 is 0 Å². The van der Waals surface area contributed by atoms with Crippen LogP contribution in [-0.2, 0) is 6.54 Å². The predicted octanol–water partition coefficient (Wildman–Crippen LogP) is 4.15. The summed E-state index contributed by atoms with van der Waals surface area (Å²) in [6.45, 7) is 0.824. The highest BCUT2D eigenvalue weighted by Crippen LogP contribution is 2.23. The predicted molar refractivity (Wildman–Crippen MR) is 92.4 cm³/mol. The van der Waals surface area contributed by atoms with E-state index in [0.717, 1.165) is 12.2 Å². The van der Waals surface area contributed by atoms with Crippen molar-refractivity contribution in [2.75, 3.05) is 5.73 Å². The van der Waals surface area contributed by atoms with Gasteiger partial charge in [0.1, 0.15) is 0 Å². The molecular weight excluding hydrogens is 268 g/mol. The highest BCUT2D eigenvalue weighted by molar-refractivity contribution is 5.42. The molecule has 2 heteroatoms. The van der Waals surface area contributed by atoms with Crippen molar-refractivity contribution < 1.29 is 0 Å². The van der Waals surface area contributed by atoms with Crippen molar-refractivity contribution in [3.63, 3.8) is 0 Å². The smallest absolute Gasteiger partial charge is 0.0579 e. The van der Waals surface area contributed by atoms with E-state index in [1.54, 1.807) is 0 Å². The molecular formula is C20H20N2. The maximum absolute atomic E-state index is 5.81. The van der Waals surface area contributed by atoms with E-state index in [2.05, 4.69) is 66.0 Å². The van der Waals surface area contributed by atoms with Gasteiger partial charge in [-0.05, 0) is 28.8 Å². The molecule has 3 N–H and O–H groups in total. The fourth-order valence-corrected chi connectivity index (χ4v) is 2.58. The Labute approximate surface area is 131 Å². The first-order valence-electron chi connectivity index (χ1n) is 7.50. The van der Waals surface area contributed by atoms with Crippen LogP contribution in [-0.4, -0.2) is 0 Å². The molecule has 0 aliphatic heterocycles. The first-order chi connectivity index (χ1) is 10.8. The van der Waals surface area contributed by atoms with E-state index in [1.807, 2.05) is 24.3 Å². The van der Waals surface area contributed by atoms with Crippen molar-refractivity contribution >= 4 is 5.69 Å². The Morgan fingerprint density at radius 3 is 1.86 bits per heavy atom. The van der Waals surface area contributed by atoms with Gasteiger partial charge in [0.05, 0.1) is 6.04 Å². The van der Waals surface area contributed by atoms with Gasteiger partial charge in [-0.25, -0.2) is 0 Å². The van der Waals surface area contributed by atoms with Crippen LogP contribution in [0.4, 0.5) is 5.69 Å². The van der Waals surface area contributed by atoms with Gasteiger partial charge in [0.15, 0.2) is 0 Å². The second kappa shape index (κ2) is 6.92. The lowest BCUT2D eigenvalue weighted by Gasteiger charge is -2.20. The molecule has 3 aromatic carbocycles.